The van der Waals surface area contributed by atoms with Crippen molar-refractivity contribution in [1.29, 1.82) is 0 Å². The van der Waals surface area contributed by atoms with E-state index in [9.17, 15) is 14.4 Å². The Morgan fingerprint density at radius 3 is 2.34 bits per heavy atom. The Bertz CT molecular complexity index is 1580. The number of nitrogens with zero attached hydrogens (tertiary/aromatic N) is 5. The minimum absolute atomic E-state index is 0.00647. The highest BCUT2D eigenvalue weighted by atomic mass is 35.5. The fraction of sp³-hybridized carbons (Fsp3) is 0.438. The molecule has 2 amide bonds. The molecule has 0 bridgehead atoms. The Morgan fingerprint density at radius 2 is 1.68 bits per heavy atom. The number of hydrogen-bond acceptors (Lipinski definition) is 7. The Labute approximate surface area is 267 Å². The largest absolute Gasteiger partial charge is 0.353 e. The van der Waals surface area contributed by atoms with Gasteiger partial charge in [0.05, 0.1) is 28.0 Å². The van der Waals surface area contributed by atoms with Crippen LogP contribution in [0.1, 0.15) is 52.7 Å². The van der Waals surface area contributed by atoms with E-state index in [1.54, 1.807) is 51.9 Å². The molecule has 1 saturated heterocycles. The maximum atomic E-state index is 14.0. The molecule has 12 heteroatoms. The molecule has 234 valence electrons. The molecule has 10 nitrogen and oxygen atoms in total. The summed E-state index contributed by atoms with van der Waals surface area (Å²) in [5.41, 5.74) is 2.47. The van der Waals surface area contributed by atoms with Crippen molar-refractivity contribution in [2.24, 2.45) is 0 Å². The number of carbonyl (C=O) groups is 2. The predicted molar refractivity (Wildman–Crippen MR) is 174 cm³/mol. The molecular weight excluding hydrogens is 601 g/mol. The second-order valence-electron chi connectivity index (χ2n) is 11.9. The number of hydrogen-bond donors (Lipinski definition) is 2. The van der Waals surface area contributed by atoms with Crippen LogP contribution in [0.25, 0.3) is 5.69 Å². The molecule has 3 heterocycles. The highest BCUT2D eigenvalue weighted by Gasteiger charge is 2.32. The van der Waals surface area contributed by atoms with Crippen molar-refractivity contribution in [3.63, 3.8) is 0 Å². The topological polar surface area (TPSA) is 103 Å². The fourth-order valence-corrected chi connectivity index (χ4v) is 5.88. The number of likely N-dealkylation sites (N-methyl/N-ethyl adjacent to an activating group) is 1. The van der Waals surface area contributed by atoms with E-state index in [0.29, 0.717) is 57.0 Å². The molecule has 1 atom stereocenters. The molecular formula is C32H39Cl2N7O3. The molecule has 0 aliphatic carbocycles. The first-order valence-electron chi connectivity index (χ1n) is 15.0. The van der Waals surface area contributed by atoms with Gasteiger partial charge in [-0.3, -0.25) is 19.3 Å². The Hall–Kier alpha value is -3.44. The summed E-state index contributed by atoms with van der Waals surface area (Å²) in [5.74, 6) is 0.0238. The van der Waals surface area contributed by atoms with E-state index in [1.165, 1.54) is 0 Å². The van der Waals surface area contributed by atoms with Crippen LogP contribution in [0.5, 0.6) is 0 Å². The average Bonchev–Trinajstić information content (AvgIpc) is 2.99. The second-order valence-corrected chi connectivity index (χ2v) is 12.7. The van der Waals surface area contributed by atoms with Gasteiger partial charge in [0.2, 0.25) is 5.95 Å². The quantitative estimate of drug-likeness (QED) is 0.385. The zero-order valence-corrected chi connectivity index (χ0v) is 27.1. The van der Waals surface area contributed by atoms with E-state index in [-0.39, 0.29) is 36.0 Å². The summed E-state index contributed by atoms with van der Waals surface area (Å²) in [6.07, 6.45) is 0.351. The smallest absolute Gasteiger partial charge is 0.263 e. The summed E-state index contributed by atoms with van der Waals surface area (Å²) in [6, 6.07) is 11.5. The first kappa shape index (κ1) is 32.0. The SMILES string of the molecule is CC(C)Nc1nc2c(c(=O)n1-c1ccc(C(=O)NCCN3CCN(C)CC3)cc1)C[C@@H](C)N(C(=O)c1ccc(Cl)c(Cl)c1)C2. The molecule has 2 aliphatic heterocycles. The van der Waals surface area contributed by atoms with Gasteiger partial charge in [-0.05, 0) is 76.7 Å². The third kappa shape index (κ3) is 7.10. The summed E-state index contributed by atoms with van der Waals surface area (Å²) in [6.45, 7) is 11.5. The first-order chi connectivity index (χ1) is 21.0. The molecule has 0 saturated carbocycles. The number of aromatic nitrogens is 2. The van der Waals surface area contributed by atoms with E-state index in [4.69, 9.17) is 28.2 Å². The number of fused-ring (bicyclic) bond motifs is 1. The van der Waals surface area contributed by atoms with Crippen LogP contribution in [0.4, 0.5) is 5.95 Å². The molecule has 1 fully saturated rings. The number of carbonyl (C=O) groups excluding carboxylic acids is 2. The third-order valence-corrected chi connectivity index (χ3v) is 8.90. The monoisotopic (exact) mass is 639 g/mol. The Morgan fingerprint density at radius 1 is 1.00 bits per heavy atom. The van der Waals surface area contributed by atoms with Crippen LogP contribution in [0.15, 0.2) is 47.3 Å². The lowest BCUT2D eigenvalue weighted by Gasteiger charge is -2.34. The molecule has 2 N–H and O–H groups in total. The zero-order valence-electron chi connectivity index (χ0n) is 25.6. The first-order valence-corrected chi connectivity index (χ1v) is 15.7. The van der Waals surface area contributed by atoms with Gasteiger partial charge in [0.1, 0.15) is 0 Å². The predicted octanol–water partition coefficient (Wildman–Crippen LogP) is 3.92. The summed E-state index contributed by atoms with van der Waals surface area (Å²) in [5, 5.41) is 6.98. The van der Waals surface area contributed by atoms with Gasteiger partial charge < -0.3 is 20.4 Å². The van der Waals surface area contributed by atoms with Crippen molar-refractivity contribution in [3.8, 4) is 5.69 Å². The molecule has 0 radical (unpaired) electrons. The van der Waals surface area contributed by atoms with E-state index >= 15 is 0 Å². The minimum Gasteiger partial charge on any atom is -0.353 e. The van der Waals surface area contributed by atoms with Crippen molar-refractivity contribution in [1.82, 2.24) is 29.6 Å². The molecule has 2 aliphatic rings. The maximum Gasteiger partial charge on any atom is 0.263 e. The summed E-state index contributed by atoms with van der Waals surface area (Å²) < 4.78 is 1.55. The minimum atomic E-state index is -0.242. The van der Waals surface area contributed by atoms with E-state index in [1.807, 2.05) is 20.8 Å². The number of rotatable bonds is 8. The standard InChI is InChI=1S/C32H39Cl2N7O3/c1-20(2)36-32-37-28-19-40(30(43)23-7-10-26(33)27(34)18-23)21(3)17-25(28)31(44)41(32)24-8-5-22(6-9-24)29(42)35-11-12-39-15-13-38(4)14-16-39/h5-10,18,20-21H,11-17,19H2,1-4H3,(H,35,42)(H,36,37)/t21-/m1/s1. The second kappa shape index (κ2) is 13.7. The van der Waals surface area contributed by atoms with Crippen LogP contribution in [-0.4, -0.2) is 94.5 Å². The third-order valence-electron chi connectivity index (χ3n) is 8.16. The van der Waals surface area contributed by atoms with Gasteiger partial charge in [0, 0.05) is 68.0 Å². The average molecular weight is 641 g/mol. The lowest BCUT2D eigenvalue weighted by Crippen LogP contribution is -2.46. The molecule has 0 spiro atoms. The summed E-state index contributed by atoms with van der Waals surface area (Å²) >= 11 is 12.2. The number of anilines is 1. The van der Waals surface area contributed by atoms with Crippen LogP contribution < -0.4 is 16.2 Å². The molecule has 3 aromatic rings. The number of piperazine rings is 1. The molecule has 0 unspecified atom stereocenters. The van der Waals surface area contributed by atoms with Gasteiger partial charge in [-0.15, -0.1) is 0 Å². The van der Waals surface area contributed by atoms with Gasteiger partial charge in [-0.2, -0.15) is 0 Å². The molecule has 44 heavy (non-hydrogen) atoms. The van der Waals surface area contributed by atoms with E-state index in [2.05, 4.69) is 27.5 Å². The van der Waals surface area contributed by atoms with Gasteiger partial charge in [0.25, 0.3) is 17.4 Å². The van der Waals surface area contributed by atoms with Crippen molar-refractivity contribution in [3.05, 3.63) is 85.2 Å². The molecule has 5 rings (SSSR count). The molecule has 1 aromatic heterocycles. The number of amides is 2. The van der Waals surface area contributed by atoms with Crippen molar-refractivity contribution >= 4 is 41.0 Å². The normalized spacial score (nSPS) is 17.4. The van der Waals surface area contributed by atoms with Crippen molar-refractivity contribution in [2.75, 3.05) is 51.6 Å². The molecule has 2 aromatic carbocycles. The van der Waals surface area contributed by atoms with Crippen LogP contribution in [0, 0.1) is 0 Å². The van der Waals surface area contributed by atoms with Crippen molar-refractivity contribution in [2.45, 2.75) is 45.8 Å². The Kier molecular flexibility index (Phi) is 9.94. The van der Waals surface area contributed by atoms with Crippen LogP contribution in [0.2, 0.25) is 10.0 Å². The Balaban J connectivity index is 1.35. The van der Waals surface area contributed by atoms with Gasteiger partial charge in [-0.25, -0.2) is 9.55 Å². The van der Waals surface area contributed by atoms with Crippen LogP contribution >= 0.6 is 23.2 Å². The van der Waals surface area contributed by atoms with Crippen LogP contribution in [0.3, 0.4) is 0 Å². The lowest BCUT2D eigenvalue weighted by atomic mass is 9.98. The summed E-state index contributed by atoms with van der Waals surface area (Å²) in [7, 11) is 2.12. The van der Waals surface area contributed by atoms with Gasteiger partial charge in [-0.1, -0.05) is 23.2 Å². The highest BCUT2D eigenvalue weighted by molar-refractivity contribution is 6.42. The number of nitrogens with one attached hydrogen (secondary N) is 2. The van der Waals surface area contributed by atoms with Gasteiger partial charge >= 0.3 is 0 Å². The fourth-order valence-electron chi connectivity index (χ4n) is 5.58. The maximum absolute atomic E-state index is 14.0. The van der Waals surface area contributed by atoms with E-state index < -0.39 is 0 Å². The lowest BCUT2D eigenvalue weighted by molar-refractivity contribution is 0.0653. The highest BCUT2D eigenvalue weighted by Crippen LogP contribution is 2.27. The van der Waals surface area contributed by atoms with Gasteiger partial charge in [0.15, 0.2) is 0 Å². The number of halogens is 2. The zero-order chi connectivity index (χ0) is 31.5. The van der Waals surface area contributed by atoms with E-state index in [0.717, 1.165) is 32.7 Å². The number of benzene rings is 2. The summed E-state index contributed by atoms with van der Waals surface area (Å²) in [4.78, 5) is 51.5. The van der Waals surface area contributed by atoms with Crippen molar-refractivity contribution < 1.29 is 9.59 Å². The van der Waals surface area contributed by atoms with Crippen LogP contribution in [-0.2, 0) is 13.0 Å².